The molecule has 0 aliphatic carbocycles. The summed E-state index contributed by atoms with van der Waals surface area (Å²) in [6, 6.07) is 9.40. The van der Waals surface area contributed by atoms with E-state index < -0.39 is 0 Å². The molecule has 3 nitrogen and oxygen atoms in total. The van der Waals surface area contributed by atoms with Crippen molar-refractivity contribution in [2.75, 3.05) is 6.54 Å². The van der Waals surface area contributed by atoms with Gasteiger partial charge in [0.2, 0.25) is 0 Å². The minimum absolute atomic E-state index is 0.293. The molecular formula is C17H24BrN3. The summed E-state index contributed by atoms with van der Waals surface area (Å²) in [5.41, 5.74) is 3.71. The first kappa shape index (κ1) is 16.2. The third kappa shape index (κ3) is 4.42. The van der Waals surface area contributed by atoms with Gasteiger partial charge in [0.1, 0.15) is 0 Å². The van der Waals surface area contributed by atoms with E-state index in [0.29, 0.717) is 12.1 Å². The number of rotatable bonds is 6. The summed E-state index contributed by atoms with van der Waals surface area (Å²) >= 11 is 3.59. The smallest absolute Gasteiger partial charge is 0.0643 e. The molecule has 1 atom stereocenters. The molecule has 0 aliphatic rings. The third-order valence-electron chi connectivity index (χ3n) is 3.52. The number of hydrogen-bond acceptors (Lipinski definition) is 2. The number of halogens is 1. The second kappa shape index (κ2) is 7.23. The summed E-state index contributed by atoms with van der Waals surface area (Å²) < 4.78 is 3.15. The van der Waals surface area contributed by atoms with Crippen LogP contribution in [0.4, 0.5) is 0 Å². The van der Waals surface area contributed by atoms with Gasteiger partial charge in [-0.3, -0.25) is 4.68 Å². The summed E-state index contributed by atoms with van der Waals surface area (Å²) in [4.78, 5) is 0. The minimum Gasteiger partial charge on any atom is -0.310 e. The lowest BCUT2D eigenvalue weighted by Crippen LogP contribution is -2.23. The molecule has 1 unspecified atom stereocenters. The fourth-order valence-electron chi connectivity index (χ4n) is 2.50. The van der Waals surface area contributed by atoms with E-state index >= 15 is 0 Å². The SMILES string of the molecule is CCNC(Cc1ccn(C(C)C)n1)c1cc(C)cc(Br)c1. The molecule has 0 aliphatic heterocycles. The van der Waals surface area contributed by atoms with E-state index in [2.05, 4.69) is 84.5 Å². The highest BCUT2D eigenvalue weighted by Crippen LogP contribution is 2.23. The lowest BCUT2D eigenvalue weighted by atomic mass is 10.0. The lowest BCUT2D eigenvalue weighted by Gasteiger charge is -2.18. The molecule has 0 spiro atoms. The van der Waals surface area contributed by atoms with Gasteiger partial charge >= 0.3 is 0 Å². The first-order valence-corrected chi connectivity index (χ1v) is 8.33. The first-order chi connectivity index (χ1) is 9.99. The maximum atomic E-state index is 4.67. The third-order valence-corrected chi connectivity index (χ3v) is 3.98. The van der Waals surface area contributed by atoms with E-state index in [1.54, 1.807) is 0 Å². The molecule has 2 rings (SSSR count). The van der Waals surface area contributed by atoms with E-state index in [1.165, 1.54) is 11.1 Å². The highest BCUT2D eigenvalue weighted by Gasteiger charge is 2.14. The fourth-order valence-corrected chi connectivity index (χ4v) is 3.13. The standard InChI is InChI=1S/C17H24BrN3/c1-5-19-17(14-8-13(4)9-15(18)10-14)11-16-6-7-21(20-16)12(2)3/h6-10,12,17,19H,5,11H2,1-4H3. The van der Waals surface area contributed by atoms with Crippen molar-refractivity contribution in [2.24, 2.45) is 0 Å². The first-order valence-electron chi connectivity index (χ1n) is 7.54. The molecule has 114 valence electrons. The van der Waals surface area contributed by atoms with E-state index in [1.807, 2.05) is 4.68 Å². The number of likely N-dealkylation sites (N-methyl/N-ethyl adjacent to an activating group) is 1. The Labute approximate surface area is 135 Å². The molecule has 21 heavy (non-hydrogen) atoms. The van der Waals surface area contributed by atoms with Crippen LogP contribution in [0.15, 0.2) is 34.9 Å². The number of aromatic nitrogens is 2. The van der Waals surface area contributed by atoms with Gasteiger partial charge in [-0.15, -0.1) is 0 Å². The van der Waals surface area contributed by atoms with Crippen molar-refractivity contribution in [1.29, 1.82) is 0 Å². The second-order valence-electron chi connectivity index (χ2n) is 5.76. The predicted molar refractivity (Wildman–Crippen MR) is 91.6 cm³/mol. The number of nitrogens with zero attached hydrogens (tertiary/aromatic N) is 2. The molecule has 1 aromatic heterocycles. The van der Waals surface area contributed by atoms with Crippen LogP contribution in [0.5, 0.6) is 0 Å². The molecule has 1 heterocycles. The molecule has 2 aromatic rings. The van der Waals surface area contributed by atoms with Crippen LogP contribution in [0.25, 0.3) is 0 Å². The van der Waals surface area contributed by atoms with Gasteiger partial charge in [0, 0.05) is 29.2 Å². The molecule has 0 bridgehead atoms. The summed E-state index contributed by atoms with van der Waals surface area (Å²) in [6.45, 7) is 9.52. The van der Waals surface area contributed by atoms with Crippen molar-refractivity contribution in [3.05, 3.63) is 51.8 Å². The summed E-state index contributed by atoms with van der Waals surface area (Å²) in [5, 5.41) is 8.24. The van der Waals surface area contributed by atoms with Crippen LogP contribution in [0.2, 0.25) is 0 Å². The Balaban J connectivity index is 2.21. The zero-order valence-corrected chi connectivity index (χ0v) is 14.8. The highest BCUT2D eigenvalue weighted by molar-refractivity contribution is 9.10. The largest absolute Gasteiger partial charge is 0.310 e. The number of aryl methyl sites for hydroxylation is 1. The van der Waals surface area contributed by atoms with Crippen LogP contribution in [0.1, 0.15) is 49.7 Å². The summed E-state index contributed by atoms with van der Waals surface area (Å²) in [5.74, 6) is 0. The van der Waals surface area contributed by atoms with Gasteiger partial charge in [-0.2, -0.15) is 5.10 Å². The topological polar surface area (TPSA) is 29.9 Å². The molecule has 0 saturated carbocycles. The van der Waals surface area contributed by atoms with Gasteiger partial charge < -0.3 is 5.32 Å². The van der Waals surface area contributed by atoms with Crippen molar-refractivity contribution in [3.63, 3.8) is 0 Å². The Bertz CT molecular complexity index is 569. The van der Waals surface area contributed by atoms with Crippen LogP contribution in [-0.4, -0.2) is 16.3 Å². The maximum absolute atomic E-state index is 4.67. The monoisotopic (exact) mass is 349 g/mol. The van der Waals surface area contributed by atoms with Gasteiger partial charge in [0.05, 0.1) is 5.69 Å². The normalized spacial score (nSPS) is 12.9. The fraction of sp³-hybridized carbons (Fsp3) is 0.471. The molecule has 0 saturated heterocycles. The molecule has 4 heteroatoms. The molecule has 0 radical (unpaired) electrons. The molecule has 0 fully saturated rings. The molecule has 1 N–H and O–H groups in total. The zero-order valence-electron chi connectivity index (χ0n) is 13.2. The molecule has 1 aromatic carbocycles. The van der Waals surface area contributed by atoms with Crippen molar-refractivity contribution >= 4 is 15.9 Å². The van der Waals surface area contributed by atoms with E-state index in [4.69, 9.17) is 0 Å². The molecular weight excluding hydrogens is 326 g/mol. The molecule has 0 amide bonds. The second-order valence-corrected chi connectivity index (χ2v) is 6.67. The van der Waals surface area contributed by atoms with E-state index in [0.717, 1.165) is 23.1 Å². The lowest BCUT2D eigenvalue weighted by molar-refractivity contribution is 0.506. The van der Waals surface area contributed by atoms with Crippen LogP contribution in [0, 0.1) is 6.92 Å². The number of benzene rings is 1. The quantitative estimate of drug-likeness (QED) is 0.835. The van der Waals surface area contributed by atoms with Crippen molar-refractivity contribution in [2.45, 2.75) is 46.2 Å². The van der Waals surface area contributed by atoms with Gasteiger partial charge in [0.25, 0.3) is 0 Å². The van der Waals surface area contributed by atoms with Gasteiger partial charge in [0.15, 0.2) is 0 Å². The average Bonchev–Trinajstić information content (AvgIpc) is 2.86. The van der Waals surface area contributed by atoms with Gasteiger partial charge in [-0.25, -0.2) is 0 Å². The number of hydrogen-bond donors (Lipinski definition) is 1. The number of nitrogens with one attached hydrogen (secondary N) is 1. The average molecular weight is 350 g/mol. The minimum atomic E-state index is 0.293. The Morgan fingerprint density at radius 3 is 2.62 bits per heavy atom. The van der Waals surface area contributed by atoms with Crippen LogP contribution in [0.3, 0.4) is 0 Å². The predicted octanol–water partition coefficient (Wildman–Crippen LogP) is 4.43. The Hall–Kier alpha value is -1.13. The van der Waals surface area contributed by atoms with Gasteiger partial charge in [-0.1, -0.05) is 28.9 Å². The van der Waals surface area contributed by atoms with Crippen LogP contribution in [-0.2, 0) is 6.42 Å². The van der Waals surface area contributed by atoms with Crippen molar-refractivity contribution < 1.29 is 0 Å². The van der Waals surface area contributed by atoms with E-state index in [-0.39, 0.29) is 0 Å². The van der Waals surface area contributed by atoms with Crippen LogP contribution >= 0.6 is 15.9 Å². The van der Waals surface area contributed by atoms with Gasteiger partial charge in [-0.05, 0) is 56.6 Å². The zero-order chi connectivity index (χ0) is 15.4. The Morgan fingerprint density at radius 2 is 2.05 bits per heavy atom. The Morgan fingerprint density at radius 1 is 1.29 bits per heavy atom. The maximum Gasteiger partial charge on any atom is 0.0643 e. The van der Waals surface area contributed by atoms with E-state index in [9.17, 15) is 0 Å². The highest BCUT2D eigenvalue weighted by atomic mass is 79.9. The summed E-state index contributed by atoms with van der Waals surface area (Å²) in [7, 11) is 0. The van der Waals surface area contributed by atoms with Crippen molar-refractivity contribution in [3.8, 4) is 0 Å². The summed E-state index contributed by atoms with van der Waals surface area (Å²) in [6.07, 6.45) is 2.97. The van der Waals surface area contributed by atoms with Crippen molar-refractivity contribution in [1.82, 2.24) is 15.1 Å². The Kier molecular flexibility index (Phi) is 5.59. The van der Waals surface area contributed by atoms with Crippen LogP contribution < -0.4 is 5.32 Å².